The Hall–Kier alpha value is -1.75. The number of nitrogens with one attached hydrogen (secondary N) is 1. The Kier molecular flexibility index (Phi) is 5.82. The lowest BCUT2D eigenvalue weighted by molar-refractivity contribution is 0.0827. The highest BCUT2D eigenvalue weighted by atomic mass is 16.5. The number of anilines is 2. The number of rotatable bonds is 6. The number of carbonyl (C=O) groups is 1. The molecule has 0 bridgehead atoms. The molecule has 0 spiro atoms. The van der Waals surface area contributed by atoms with Crippen molar-refractivity contribution in [2.24, 2.45) is 5.92 Å². The summed E-state index contributed by atoms with van der Waals surface area (Å²) in [7, 11) is 5.13. The molecule has 0 aliphatic carbocycles. The van der Waals surface area contributed by atoms with Gasteiger partial charge in [0.15, 0.2) is 0 Å². The molecule has 0 aliphatic heterocycles. The Labute approximate surface area is 121 Å². The van der Waals surface area contributed by atoms with Gasteiger partial charge in [-0.2, -0.15) is 0 Å². The highest BCUT2D eigenvalue weighted by molar-refractivity contribution is 5.95. The second-order valence-corrected chi connectivity index (χ2v) is 5.45. The first-order valence-corrected chi connectivity index (χ1v) is 6.73. The molecule has 1 aromatic carbocycles. The van der Waals surface area contributed by atoms with Crippen LogP contribution < -0.4 is 11.1 Å². The van der Waals surface area contributed by atoms with Gasteiger partial charge in [0, 0.05) is 26.8 Å². The van der Waals surface area contributed by atoms with Gasteiger partial charge in [-0.1, -0.05) is 13.8 Å². The van der Waals surface area contributed by atoms with Gasteiger partial charge in [0.2, 0.25) is 0 Å². The van der Waals surface area contributed by atoms with E-state index in [0.29, 0.717) is 23.8 Å². The van der Waals surface area contributed by atoms with Crippen molar-refractivity contribution in [1.82, 2.24) is 4.90 Å². The Balaban J connectivity index is 2.99. The van der Waals surface area contributed by atoms with Crippen LogP contribution in [0.25, 0.3) is 0 Å². The Bertz CT molecular complexity index is 458. The van der Waals surface area contributed by atoms with Gasteiger partial charge >= 0.3 is 0 Å². The van der Waals surface area contributed by atoms with Crippen LogP contribution in [0.15, 0.2) is 18.2 Å². The largest absolute Gasteiger partial charge is 0.397 e. The normalized spacial score (nSPS) is 12.3. The van der Waals surface area contributed by atoms with Crippen molar-refractivity contribution in [3.05, 3.63) is 23.8 Å². The number of benzene rings is 1. The summed E-state index contributed by atoms with van der Waals surface area (Å²) in [6.45, 7) is 4.81. The van der Waals surface area contributed by atoms with Gasteiger partial charge in [-0.25, -0.2) is 0 Å². The van der Waals surface area contributed by atoms with Crippen LogP contribution >= 0.6 is 0 Å². The predicted molar refractivity (Wildman–Crippen MR) is 83.0 cm³/mol. The van der Waals surface area contributed by atoms with Gasteiger partial charge in [-0.05, 0) is 24.1 Å². The summed E-state index contributed by atoms with van der Waals surface area (Å²) < 4.78 is 5.21. The number of amides is 1. The molecule has 0 heterocycles. The first-order chi connectivity index (χ1) is 9.36. The summed E-state index contributed by atoms with van der Waals surface area (Å²) in [5.74, 6) is 0.350. The molecule has 0 fully saturated rings. The number of hydrogen-bond acceptors (Lipinski definition) is 4. The number of carbonyl (C=O) groups excluding carboxylic acids is 1. The molecule has 1 atom stereocenters. The zero-order valence-corrected chi connectivity index (χ0v) is 12.9. The number of hydrogen-bond donors (Lipinski definition) is 2. The summed E-state index contributed by atoms with van der Waals surface area (Å²) in [6.07, 6.45) is 0. The van der Waals surface area contributed by atoms with Crippen molar-refractivity contribution < 1.29 is 9.53 Å². The van der Waals surface area contributed by atoms with Crippen molar-refractivity contribution in [2.75, 3.05) is 38.9 Å². The smallest absolute Gasteiger partial charge is 0.253 e. The van der Waals surface area contributed by atoms with E-state index in [4.69, 9.17) is 10.5 Å². The SMILES string of the molecule is COCC(Nc1cc(C(=O)N(C)C)ccc1N)C(C)C. The number of nitrogen functional groups attached to an aromatic ring is 1. The zero-order valence-electron chi connectivity index (χ0n) is 12.9. The van der Waals surface area contributed by atoms with Gasteiger partial charge in [-0.3, -0.25) is 4.79 Å². The lowest BCUT2D eigenvalue weighted by Crippen LogP contribution is -2.31. The predicted octanol–water partition coefficient (Wildman–Crippen LogP) is 2.05. The van der Waals surface area contributed by atoms with Crippen LogP contribution in [-0.4, -0.2) is 44.7 Å². The molecule has 0 saturated heterocycles. The topological polar surface area (TPSA) is 67.6 Å². The molecule has 112 valence electrons. The van der Waals surface area contributed by atoms with Crippen LogP contribution in [0.5, 0.6) is 0 Å². The summed E-state index contributed by atoms with van der Waals surface area (Å²) in [5.41, 5.74) is 8.00. The molecule has 1 unspecified atom stereocenters. The Morgan fingerprint density at radius 3 is 2.55 bits per heavy atom. The van der Waals surface area contributed by atoms with E-state index in [2.05, 4.69) is 19.2 Å². The second kappa shape index (κ2) is 7.14. The van der Waals surface area contributed by atoms with Crippen LogP contribution in [0.2, 0.25) is 0 Å². The molecule has 0 aliphatic rings. The van der Waals surface area contributed by atoms with Crippen molar-refractivity contribution >= 4 is 17.3 Å². The molecule has 3 N–H and O–H groups in total. The molecular weight excluding hydrogens is 254 g/mol. The lowest BCUT2D eigenvalue weighted by atomic mass is 10.0. The van der Waals surface area contributed by atoms with Gasteiger partial charge in [0.1, 0.15) is 0 Å². The fourth-order valence-corrected chi connectivity index (χ4v) is 1.85. The summed E-state index contributed by atoms with van der Waals surface area (Å²) in [6, 6.07) is 5.43. The Morgan fingerprint density at radius 2 is 2.05 bits per heavy atom. The first-order valence-electron chi connectivity index (χ1n) is 6.73. The highest BCUT2D eigenvalue weighted by Gasteiger charge is 2.16. The number of nitrogens with zero attached hydrogens (tertiary/aromatic N) is 1. The molecule has 0 radical (unpaired) electrons. The lowest BCUT2D eigenvalue weighted by Gasteiger charge is -2.24. The molecule has 20 heavy (non-hydrogen) atoms. The van der Waals surface area contributed by atoms with E-state index >= 15 is 0 Å². The third-order valence-corrected chi connectivity index (χ3v) is 3.20. The maximum Gasteiger partial charge on any atom is 0.253 e. The molecule has 1 rings (SSSR count). The maximum atomic E-state index is 12.0. The highest BCUT2D eigenvalue weighted by Crippen LogP contribution is 2.23. The van der Waals surface area contributed by atoms with E-state index < -0.39 is 0 Å². The molecular formula is C15H25N3O2. The fraction of sp³-hybridized carbons (Fsp3) is 0.533. The fourth-order valence-electron chi connectivity index (χ4n) is 1.85. The standard InChI is InChI=1S/C15H25N3O2/c1-10(2)14(9-20-5)17-13-8-11(6-7-12(13)16)15(19)18(3)4/h6-8,10,14,17H,9,16H2,1-5H3. The minimum Gasteiger partial charge on any atom is -0.397 e. The van der Waals surface area contributed by atoms with E-state index in [1.807, 2.05) is 0 Å². The van der Waals surface area contributed by atoms with Crippen molar-refractivity contribution in [2.45, 2.75) is 19.9 Å². The average molecular weight is 279 g/mol. The quantitative estimate of drug-likeness (QED) is 0.782. The molecule has 0 aromatic heterocycles. The van der Waals surface area contributed by atoms with Crippen LogP contribution in [0, 0.1) is 5.92 Å². The van der Waals surface area contributed by atoms with Gasteiger partial charge in [-0.15, -0.1) is 0 Å². The van der Waals surface area contributed by atoms with E-state index in [-0.39, 0.29) is 11.9 Å². The van der Waals surface area contributed by atoms with Gasteiger partial charge in [0.25, 0.3) is 5.91 Å². The monoisotopic (exact) mass is 279 g/mol. The molecule has 5 heteroatoms. The third kappa shape index (κ3) is 4.13. The molecule has 5 nitrogen and oxygen atoms in total. The van der Waals surface area contributed by atoms with Crippen molar-refractivity contribution in [3.8, 4) is 0 Å². The summed E-state index contributed by atoms with van der Waals surface area (Å²) in [4.78, 5) is 13.5. The summed E-state index contributed by atoms with van der Waals surface area (Å²) >= 11 is 0. The molecule has 0 saturated carbocycles. The number of methoxy groups -OCH3 is 1. The van der Waals surface area contributed by atoms with Crippen LogP contribution in [-0.2, 0) is 4.74 Å². The van der Waals surface area contributed by atoms with Crippen molar-refractivity contribution in [1.29, 1.82) is 0 Å². The third-order valence-electron chi connectivity index (χ3n) is 3.20. The minimum atomic E-state index is -0.0408. The molecule has 1 amide bonds. The minimum absolute atomic E-state index is 0.0408. The zero-order chi connectivity index (χ0) is 15.3. The molecule has 1 aromatic rings. The van der Waals surface area contributed by atoms with Gasteiger partial charge < -0.3 is 20.7 Å². The van der Waals surface area contributed by atoms with E-state index in [9.17, 15) is 4.79 Å². The van der Waals surface area contributed by atoms with Crippen LogP contribution in [0.4, 0.5) is 11.4 Å². The first kappa shape index (κ1) is 16.3. The number of nitrogens with two attached hydrogens (primary N) is 1. The van der Waals surface area contributed by atoms with Crippen LogP contribution in [0.1, 0.15) is 24.2 Å². The average Bonchev–Trinajstić information content (AvgIpc) is 2.39. The maximum absolute atomic E-state index is 12.0. The van der Waals surface area contributed by atoms with Gasteiger partial charge in [0.05, 0.1) is 24.0 Å². The van der Waals surface area contributed by atoms with Crippen LogP contribution in [0.3, 0.4) is 0 Å². The van der Waals surface area contributed by atoms with E-state index in [1.54, 1.807) is 44.3 Å². The van der Waals surface area contributed by atoms with E-state index in [1.165, 1.54) is 0 Å². The number of ether oxygens (including phenoxy) is 1. The Morgan fingerprint density at radius 1 is 1.40 bits per heavy atom. The van der Waals surface area contributed by atoms with Crippen molar-refractivity contribution in [3.63, 3.8) is 0 Å². The van der Waals surface area contributed by atoms with E-state index in [0.717, 1.165) is 5.69 Å². The summed E-state index contributed by atoms with van der Waals surface area (Å²) in [5, 5.41) is 3.36. The second-order valence-electron chi connectivity index (χ2n) is 5.45.